The van der Waals surface area contributed by atoms with Crippen LogP contribution in [-0.2, 0) is 26.3 Å². The van der Waals surface area contributed by atoms with Gasteiger partial charge in [0.2, 0.25) is 11.8 Å². The predicted octanol–water partition coefficient (Wildman–Crippen LogP) is 2.84. The lowest BCUT2D eigenvalue weighted by molar-refractivity contribution is -0.140. The number of rotatable bonds is 7. The number of nitrogens with one attached hydrogen (secondary N) is 1. The van der Waals surface area contributed by atoms with E-state index in [-0.39, 0.29) is 30.3 Å². The number of carbonyl (C=O) groups excluding carboxylic acids is 2. The van der Waals surface area contributed by atoms with Crippen molar-refractivity contribution in [3.05, 3.63) is 71.3 Å². The van der Waals surface area contributed by atoms with Gasteiger partial charge >= 0.3 is 0 Å². The third-order valence-electron chi connectivity index (χ3n) is 7.09. The zero-order valence-corrected chi connectivity index (χ0v) is 21.2. The molecule has 1 aliphatic carbocycles. The molecule has 1 aliphatic heterocycles. The Labute approximate surface area is 213 Å². The molecule has 190 valence electrons. The predicted molar refractivity (Wildman–Crippen MR) is 137 cm³/mol. The number of fused-ring (bicyclic) bond motifs is 2. The Morgan fingerprint density at radius 3 is 2.43 bits per heavy atom. The molecule has 1 fully saturated rings. The van der Waals surface area contributed by atoms with Crippen LogP contribution >= 0.6 is 12.4 Å². The van der Waals surface area contributed by atoms with E-state index in [1.807, 2.05) is 48.5 Å². The van der Waals surface area contributed by atoms with Crippen LogP contribution in [0.5, 0.6) is 0 Å². The van der Waals surface area contributed by atoms with Gasteiger partial charge in [-0.1, -0.05) is 54.6 Å². The molecule has 0 unspecified atom stereocenters. The lowest BCUT2D eigenvalue weighted by Crippen LogP contribution is -2.59. The van der Waals surface area contributed by atoms with E-state index in [0.717, 1.165) is 24.0 Å². The van der Waals surface area contributed by atoms with Crippen LogP contribution in [0.4, 0.5) is 0 Å². The number of amides is 2. The molecule has 4 rings (SSSR count). The summed E-state index contributed by atoms with van der Waals surface area (Å²) < 4.78 is 5.83. The molecule has 8 heteroatoms. The Morgan fingerprint density at radius 1 is 1.14 bits per heavy atom. The lowest BCUT2D eigenvalue weighted by Gasteiger charge is -2.41. The minimum atomic E-state index is -1.10. The van der Waals surface area contributed by atoms with Crippen LogP contribution in [0.2, 0.25) is 0 Å². The van der Waals surface area contributed by atoms with Crippen molar-refractivity contribution in [2.75, 3.05) is 19.7 Å². The van der Waals surface area contributed by atoms with Crippen LogP contribution in [0.25, 0.3) is 0 Å². The molecule has 2 atom stereocenters. The fourth-order valence-corrected chi connectivity index (χ4v) is 5.10. The second kappa shape index (κ2) is 11.1. The second-order valence-electron chi connectivity index (χ2n) is 10.2. The van der Waals surface area contributed by atoms with Crippen LogP contribution in [-0.4, -0.2) is 53.1 Å². The van der Waals surface area contributed by atoms with Gasteiger partial charge < -0.3 is 25.8 Å². The third kappa shape index (κ3) is 6.04. The van der Waals surface area contributed by atoms with Gasteiger partial charge in [-0.3, -0.25) is 9.59 Å². The highest BCUT2D eigenvalue weighted by Crippen LogP contribution is 2.50. The molecule has 0 saturated carbocycles. The number of nitrogens with zero attached hydrogens (tertiary/aromatic N) is 1. The van der Waals surface area contributed by atoms with Crippen LogP contribution in [0.3, 0.4) is 0 Å². The van der Waals surface area contributed by atoms with Gasteiger partial charge in [-0.25, -0.2) is 0 Å². The van der Waals surface area contributed by atoms with Gasteiger partial charge in [0.25, 0.3) is 0 Å². The maximum atomic E-state index is 13.5. The number of nitrogens with two attached hydrogens (primary N) is 1. The maximum Gasteiger partial charge on any atom is 0.247 e. The molecule has 0 bridgehead atoms. The van der Waals surface area contributed by atoms with Crippen molar-refractivity contribution in [1.82, 2.24) is 10.2 Å². The standard InChI is InChI=1S/C27H35N3O4.ClH/c1-26(2,28)25(33)29-22(18-34-17-19-8-4-3-5-9-19)24(32)30-14-12-27(13-15-30)16-23(31)20-10-6-7-11-21(20)27;/h3-11,22-23,31H,12-18,28H2,1-2H3,(H,29,33);1H/t22-,23+;/m1./s1. The smallest absolute Gasteiger partial charge is 0.247 e. The van der Waals surface area contributed by atoms with E-state index in [9.17, 15) is 14.7 Å². The van der Waals surface area contributed by atoms with Crippen molar-refractivity contribution in [3.63, 3.8) is 0 Å². The van der Waals surface area contributed by atoms with Crippen LogP contribution in [0.1, 0.15) is 55.9 Å². The van der Waals surface area contributed by atoms with Crippen molar-refractivity contribution in [1.29, 1.82) is 0 Å². The van der Waals surface area contributed by atoms with E-state index < -0.39 is 23.6 Å². The number of piperidine rings is 1. The highest BCUT2D eigenvalue weighted by Gasteiger charge is 2.46. The van der Waals surface area contributed by atoms with E-state index in [0.29, 0.717) is 26.1 Å². The molecular weight excluding hydrogens is 466 g/mol. The van der Waals surface area contributed by atoms with E-state index in [1.165, 1.54) is 5.56 Å². The largest absolute Gasteiger partial charge is 0.388 e. The molecule has 1 saturated heterocycles. The number of aliphatic hydroxyl groups excluding tert-OH is 1. The average molecular weight is 502 g/mol. The fourth-order valence-electron chi connectivity index (χ4n) is 5.10. The Balaban J connectivity index is 0.00000342. The first kappa shape index (κ1) is 27.1. The minimum absolute atomic E-state index is 0. The molecule has 1 heterocycles. The summed E-state index contributed by atoms with van der Waals surface area (Å²) in [5.41, 5.74) is 7.96. The lowest BCUT2D eigenvalue weighted by atomic mass is 9.73. The van der Waals surface area contributed by atoms with Crippen LogP contribution in [0, 0.1) is 0 Å². The van der Waals surface area contributed by atoms with Crippen molar-refractivity contribution >= 4 is 24.2 Å². The van der Waals surface area contributed by atoms with E-state index in [4.69, 9.17) is 10.5 Å². The first-order valence-electron chi connectivity index (χ1n) is 12.0. The molecular formula is C27H36ClN3O4. The topological polar surface area (TPSA) is 105 Å². The summed E-state index contributed by atoms with van der Waals surface area (Å²) >= 11 is 0. The first-order valence-corrected chi connectivity index (χ1v) is 12.0. The van der Waals surface area contributed by atoms with Crippen molar-refractivity contribution in [3.8, 4) is 0 Å². The highest BCUT2D eigenvalue weighted by molar-refractivity contribution is 5.91. The zero-order valence-electron chi connectivity index (χ0n) is 20.4. The van der Waals surface area contributed by atoms with Gasteiger partial charge in [0.1, 0.15) is 6.04 Å². The monoisotopic (exact) mass is 501 g/mol. The minimum Gasteiger partial charge on any atom is -0.388 e. The van der Waals surface area contributed by atoms with Crippen molar-refractivity contribution in [2.24, 2.45) is 5.73 Å². The van der Waals surface area contributed by atoms with Gasteiger partial charge in [0.05, 0.1) is 24.9 Å². The average Bonchev–Trinajstić information content (AvgIpc) is 3.10. The van der Waals surface area contributed by atoms with Crippen molar-refractivity contribution < 1.29 is 19.4 Å². The van der Waals surface area contributed by atoms with Gasteiger partial charge in [-0.15, -0.1) is 12.4 Å². The van der Waals surface area contributed by atoms with Crippen LogP contribution in [0.15, 0.2) is 54.6 Å². The number of halogens is 1. The molecule has 1 spiro atoms. The molecule has 2 aliphatic rings. The number of carbonyl (C=O) groups is 2. The summed E-state index contributed by atoms with van der Waals surface area (Å²) in [5, 5.41) is 13.4. The molecule has 4 N–H and O–H groups in total. The third-order valence-corrected chi connectivity index (χ3v) is 7.09. The SMILES string of the molecule is CC(C)(N)C(=O)N[C@H](COCc1ccccc1)C(=O)N1CCC2(CC1)C[C@H](O)c1ccccc12.Cl. The molecule has 7 nitrogen and oxygen atoms in total. The summed E-state index contributed by atoms with van der Waals surface area (Å²) in [5.74, 6) is -0.553. The summed E-state index contributed by atoms with van der Waals surface area (Å²) in [6.45, 7) is 4.78. The number of hydrogen-bond donors (Lipinski definition) is 3. The highest BCUT2D eigenvalue weighted by atomic mass is 35.5. The number of benzene rings is 2. The Bertz CT molecular complexity index is 1020. The van der Waals surface area contributed by atoms with Gasteiger partial charge in [-0.2, -0.15) is 0 Å². The molecule has 35 heavy (non-hydrogen) atoms. The Hall–Kier alpha value is -2.45. The quantitative estimate of drug-likeness (QED) is 0.541. The number of aliphatic hydroxyl groups is 1. The molecule has 0 aromatic heterocycles. The number of ether oxygens (including phenoxy) is 1. The summed E-state index contributed by atoms with van der Waals surface area (Å²) in [7, 11) is 0. The number of likely N-dealkylation sites (tertiary alicyclic amines) is 1. The second-order valence-corrected chi connectivity index (χ2v) is 10.2. The molecule has 2 aromatic rings. The van der Waals surface area contributed by atoms with E-state index in [2.05, 4.69) is 11.4 Å². The Morgan fingerprint density at radius 2 is 1.77 bits per heavy atom. The van der Waals surface area contributed by atoms with Crippen molar-refractivity contribution in [2.45, 2.75) is 62.8 Å². The molecule has 2 aromatic carbocycles. The van der Waals surface area contributed by atoms with Crippen LogP contribution < -0.4 is 11.1 Å². The molecule has 2 amide bonds. The van der Waals surface area contributed by atoms with Gasteiger partial charge in [-0.05, 0) is 49.8 Å². The summed E-state index contributed by atoms with van der Waals surface area (Å²) in [6.07, 6.45) is 1.79. The fraction of sp³-hybridized carbons (Fsp3) is 0.481. The first-order chi connectivity index (χ1) is 16.2. The summed E-state index contributed by atoms with van der Waals surface area (Å²) in [6, 6.07) is 17.0. The van der Waals surface area contributed by atoms with Gasteiger partial charge in [0.15, 0.2) is 0 Å². The van der Waals surface area contributed by atoms with E-state index in [1.54, 1.807) is 18.7 Å². The number of hydrogen-bond acceptors (Lipinski definition) is 5. The summed E-state index contributed by atoms with van der Waals surface area (Å²) in [4.78, 5) is 27.8. The Kier molecular flexibility index (Phi) is 8.59. The van der Waals surface area contributed by atoms with Gasteiger partial charge in [0, 0.05) is 18.5 Å². The van der Waals surface area contributed by atoms with E-state index >= 15 is 0 Å². The normalized spacial score (nSPS) is 19.5. The molecule has 0 radical (unpaired) electrons. The maximum absolute atomic E-state index is 13.5. The zero-order chi connectivity index (χ0) is 24.3.